The minimum Gasteiger partial charge on any atom is -0.364 e. The molecule has 0 amide bonds. The number of nitrogens with one attached hydrogen (secondary N) is 2. The van der Waals surface area contributed by atoms with Crippen molar-refractivity contribution in [2.24, 2.45) is 0 Å². The number of sulfonamides is 1. The Morgan fingerprint density at radius 1 is 1.23 bits per heavy atom. The summed E-state index contributed by atoms with van der Waals surface area (Å²) in [6.07, 6.45) is 4.90. The van der Waals surface area contributed by atoms with Gasteiger partial charge in [0.15, 0.2) is 5.82 Å². The Balaban J connectivity index is 2.03. The van der Waals surface area contributed by atoms with Gasteiger partial charge in [0, 0.05) is 10.9 Å². The van der Waals surface area contributed by atoms with Crippen LogP contribution in [0.3, 0.4) is 0 Å². The summed E-state index contributed by atoms with van der Waals surface area (Å²) >= 11 is 0. The van der Waals surface area contributed by atoms with Gasteiger partial charge in [-0.25, -0.2) is 18.4 Å². The first-order valence-corrected chi connectivity index (χ1v) is 9.44. The fourth-order valence-corrected chi connectivity index (χ4v) is 2.91. The summed E-state index contributed by atoms with van der Waals surface area (Å²) in [6, 6.07) is 5.07. The van der Waals surface area contributed by atoms with Crippen LogP contribution in [0.1, 0.15) is 20.8 Å². The van der Waals surface area contributed by atoms with E-state index in [9.17, 15) is 8.42 Å². The van der Waals surface area contributed by atoms with Crippen molar-refractivity contribution in [2.45, 2.75) is 26.3 Å². The number of aromatic nitrogens is 4. The van der Waals surface area contributed by atoms with E-state index in [4.69, 9.17) is 0 Å². The second-order valence-corrected chi connectivity index (χ2v) is 8.40. The number of rotatable bonds is 5. The molecule has 8 nitrogen and oxygen atoms in total. The van der Waals surface area contributed by atoms with Gasteiger partial charge in [0.1, 0.15) is 12.1 Å². The van der Waals surface area contributed by atoms with E-state index in [1.165, 1.54) is 0 Å². The van der Waals surface area contributed by atoms with E-state index in [2.05, 4.69) is 31.6 Å². The second-order valence-electron chi connectivity index (χ2n) is 6.77. The number of hydrogen-bond acceptors (Lipinski definition) is 6. The minimum atomic E-state index is -3.58. The molecule has 0 saturated heterocycles. The van der Waals surface area contributed by atoms with E-state index in [1.807, 2.05) is 20.8 Å². The largest absolute Gasteiger partial charge is 0.364 e. The van der Waals surface area contributed by atoms with Crippen LogP contribution in [0, 0.1) is 0 Å². The van der Waals surface area contributed by atoms with Gasteiger partial charge in [-0.15, -0.1) is 0 Å². The van der Waals surface area contributed by atoms with Crippen molar-refractivity contribution in [2.75, 3.05) is 10.0 Å². The summed E-state index contributed by atoms with van der Waals surface area (Å²) in [5, 5.41) is 4.13. The van der Waals surface area contributed by atoms with Crippen LogP contribution in [0.2, 0.25) is 0 Å². The number of nitrogens with zero attached hydrogens (tertiary/aromatic N) is 4. The van der Waals surface area contributed by atoms with Gasteiger partial charge in [-0.1, -0.05) is 6.58 Å². The number of benzene rings is 1. The Kier molecular flexibility index (Phi) is 4.41. The van der Waals surface area contributed by atoms with Gasteiger partial charge in [0.25, 0.3) is 10.0 Å². The summed E-state index contributed by atoms with van der Waals surface area (Å²) in [7, 11) is -3.58. The molecule has 0 fully saturated rings. The number of fused-ring (bicyclic) bond motifs is 1. The lowest BCUT2D eigenvalue weighted by Crippen LogP contribution is -2.26. The van der Waals surface area contributed by atoms with Gasteiger partial charge in [0.05, 0.1) is 29.1 Å². The SMILES string of the molecule is C=CS(=O)(=O)Nc1ccc2ncn(-c3cncc(NC(C)(C)C)n3)c2c1. The Morgan fingerprint density at radius 2 is 2.00 bits per heavy atom. The molecule has 0 aliphatic rings. The molecular formula is C17H20N6O2S. The molecule has 0 saturated carbocycles. The maximum Gasteiger partial charge on any atom is 0.254 e. The first kappa shape index (κ1) is 17.9. The van der Waals surface area contributed by atoms with Crippen LogP contribution in [0.25, 0.3) is 16.9 Å². The highest BCUT2D eigenvalue weighted by molar-refractivity contribution is 7.95. The van der Waals surface area contributed by atoms with Crippen molar-refractivity contribution in [3.05, 3.63) is 48.9 Å². The van der Waals surface area contributed by atoms with E-state index >= 15 is 0 Å². The molecule has 0 atom stereocenters. The van der Waals surface area contributed by atoms with Gasteiger partial charge in [-0.3, -0.25) is 14.3 Å². The highest BCUT2D eigenvalue weighted by Crippen LogP contribution is 2.22. The van der Waals surface area contributed by atoms with Crippen molar-refractivity contribution >= 4 is 32.6 Å². The van der Waals surface area contributed by atoms with Crippen LogP contribution >= 0.6 is 0 Å². The molecule has 2 N–H and O–H groups in total. The average molecular weight is 372 g/mol. The van der Waals surface area contributed by atoms with Crippen LogP contribution in [0.5, 0.6) is 0 Å². The average Bonchev–Trinajstić information content (AvgIpc) is 2.96. The summed E-state index contributed by atoms with van der Waals surface area (Å²) < 4.78 is 27.6. The van der Waals surface area contributed by atoms with E-state index in [0.717, 1.165) is 5.41 Å². The first-order chi connectivity index (χ1) is 12.2. The Hall–Kier alpha value is -2.94. The molecule has 0 bridgehead atoms. The third kappa shape index (κ3) is 3.99. The predicted molar refractivity (Wildman–Crippen MR) is 103 cm³/mol. The summed E-state index contributed by atoms with van der Waals surface area (Å²) in [5.41, 5.74) is 1.68. The number of anilines is 2. The van der Waals surface area contributed by atoms with Crippen LogP contribution in [-0.4, -0.2) is 33.5 Å². The normalized spacial score (nSPS) is 12.1. The lowest BCUT2D eigenvalue weighted by Gasteiger charge is -2.21. The van der Waals surface area contributed by atoms with E-state index in [-0.39, 0.29) is 5.54 Å². The third-order valence-corrected chi connectivity index (χ3v) is 4.36. The molecule has 0 radical (unpaired) electrons. The standard InChI is InChI=1S/C17H20N6O2S/c1-5-26(24,25)22-12-6-7-13-14(8-12)23(11-19-13)16-10-18-9-15(20-16)21-17(2,3)4/h5-11,22H,1H2,2-4H3,(H,20,21). The van der Waals surface area contributed by atoms with Crippen LogP contribution in [0.15, 0.2) is 48.9 Å². The third-order valence-electron chi connectivity index (χ3n) is 3.40. The fraction of sp³-hybridized carbons (Fsp3) is 0.235. The number of imidazole rings is 1. The molecule has 3 rings (SSSR count). The molecular weight excluding hydrogens is 352 g/mol. The molecule has 26 heavy (non-hydrogen) atoms. The molecule has 0 aliphatic carbocycles. The summed E-state index contributed by atoms with van der Waals surface area (Å²) in [4.78, 5) is 13.1. The van der Waals surface area contributed by atoms with Crippen molar-refractivity contribution in [3.63, 3.8) is 0 Å². The quantitative estimate of drug-likeness (QED) is 0.714. The smallest absolute Gasteiger partial charge is 0.254 e. The number of hydrogen-bond donors (Lipinski definition) is 2. The molecule has 0 spiro atoms. The Bertz CT molecular complexity index is 1070. The van der Waals surface area contributed by atoms with Gasteiger partial charge in [-0.2, -0.15) is 0 Å². The van der Waals surface area contributed by atoms with Gasteiger partial charge < -0.3 is 5.32 Å². The Morgan fingerprint density at radius 3 is 2.69 bits per heavy atom. The van der Waals surface area contributed by atoms with E-state index in [0.29, 0.717) is 28.4 Å². The van der Waals surface area contributed by atoms with E-state index in [1.54, 1.807) is 41.5 Å². The molecule has 0 aliphatic heterocycles. The van der Waals surface area contributed by atoms with Gasteiger partial charge in [0.2, 0.25) is 0 Å². The zero-order valence-corrected chi connectivity index (χ0v) is 15.6. The van der Waals surface area contributed by atoms with Crippen molar-refractivity contribution < 1.29 is 8.42 Å². The first-order valence-electron chi connectivity index (χ1n) is 7.90. The molecule has 2 heterocycles. The maximum absolute atomic E-state index is 11.7. The summed E-state index contributed by atoms with van der Waals surface area (Å²) in [6.45, 7) is 9.39. The topological polar surface area (TPSA) is 102 Å². The second kappa shape index (κ2) is 6.41. The fourth-order valence-electron chi connectivity index (χ4n) is 2.38. The highest BCUT2D eigenvalue weighted by Gasteiger charge is 2.13. The molecule has 9 heteroatoms. The maximum atomic E-state index is 11.7. The zero-order chi connectivity index (χ0) is 18.9. The molecule has 3 aromatic rings. The molecule has 2 aromatic heterocycles. The van der Waals surface area contributed by atoms with E-state index < -0.39 is 10.0 Å². The van der Waals surface area contributed by atoms with Crippen molar-refractivity contribution in [3.8, 4) is 5.82 Å². The minimum absolute atomic E-state index is 0.152. The highest BCUT2D eigenvalue weighted by atomic mass is 32.2. The van der Waals surface area contributed by atoms with Crippen LogP contribution < -0.4 is 10.0 Å². The lowest BCUT2D eigenvalue weighted by molar-refractivity contribution is 0.609. The monoisotopic (exact) mass is 372 g/mol. The summed E-state index contributed by atoms with van der Waals surface area (Å²) in [5.74, 6) is 1.21. The van der Waals surface area contributed by atoms with Crippen molar-refractivity contribution in [1.82, 2.24) is 19.5 Å². The van der Waals surface area contributed by atoms with Crippen LogP contribution in [-0.2, 0) is 10.0 Å². The Labute approximate surface area is 152 Å². The molecule has 1 aromatic carbocycles. The predicted octanol–water partition coefficient (Wildman–Crippen LogP) is 2.91. The van der Waals surface area contributed by atoms with Crippen molar-refractivity contribution in [1.29, 1.82) is 0 Å². The molecule has 0 unspecified atom stereocenters. The molecule has 136 valence electrons. The zero-order valence-electron chi connectivity index (χ0n) is 14.8. The van der Waals surface area contributed by atoms with Gasteiger partial charge >= 0.3 is 0 Å². The lowest BCUT2D eigenvalue weighted by atomic mass is 10.1. The van der Waals surface area contributed by atoms with Gasteiger partial charge in [-0.05, 0) is 39.0 Å². The van der Waals surface area contributed by atoms with Crippen LogP contribution in [0.4, 0.5) is 11.5 Å².